The summed E-state index contributed by atoms with van der Waals surface area (Å²) in [5.41, 5.74) is 0.776. The zero-order valence-electron chi connectivity index (χ0n) is 19.9. The van der Waals surface area contributed by atoms with Crippen LogP contribution in [0.15, 0.2) is 83.8 Å². The minimum absolute atomic E-state index is 0.0409. The molecule has 0 fully saturated rings. The van der Waals surface area contributed by atoms with Gasteiger partial charge in [0.2, 0.25) is 11.8 Å². The molecule has 0 radical (unpaired) electrons. The summed E-state index contributed by atoms with van der Waals surface area (Å²) in [7, 11) is -4.09. The average molecular weight is 548 g/mol. The van der Waals surface area contributed by atoms with Gasteiger partial charge in [0.15, 0.2) is 0 Å². The van der Waals surface area contributed by atoms with Crippen LogP contribution < -0.4 is 9.62 Å². The Morgan fingerprint density at radius 3 is 2.00 bits per heavy atom. The van der Waals surface area contributed by atoms with Crippen molar-refractivity contribution >= 4 is 50.7 Å². The lowest BCUT2D eigenvalue weighted by molar-refractivity contribution is -0.139. The highest BCUT2D eigenvalue weighted by Gasteiger charge is 2.32. The lowest BCUT2D eigenvalue weighted by Gasteiger charge is -2.32. The fraction of sp³-hybridized carbons (Fsp3) is 0.231. The van der Waals surface area contributed by atoms with Gasteiger partial charge in [-0.05, 0) is 50.2 Å². The molecule has 1 atom stereocenters. The smallest absolute Gasteiger partial charge is 0.264 e. The zero-order chi connectivity index (χ0) is 26.3. The number of nitrogens with one attached hydrogen (secondary N) is 1. The van der Waals surface area contributed by atoms with Crippen molar-refractivity contribution in [3.05, 3.63) is 94.5 Å². The molecule has 0 heterocycles. The molecule has 7 nitrogen and oxygen atoms in total. The predicted octanol–water partition coefficient (Wildman–Crippen LogP) is 4.74. The summed E-state index contributed by atoms with van der Waals surface area (Å²) in [6, 6.07) is 20.2. The van der Waals surface area contributed by atoms with E-state index in [0.29, 0.717) is 27.8 Å². The molecule has 1 N–H and O–H groups in total. The second-order valence-electron chi connectivity index (χ2n) is 7.95. The molecule has 0 aliphatic carbocycles. The number of amides is 2. The van der Waals surface area contributed by atoms with Crippen LogP contribution in [0.25, 0.3) is 0 Å². The maximum Gasteiger partial charge on any atom is 0.264 e. The molecule has 2 amide bonds. The van der Waals surface area contributed by atoms with Gasteiger partial charge < -0.3 is 10.2 Å². The molecule has 10 heteroatoms. The molecule has 3 aromatic carbocycles. The van der Waals surface area contributed by atoms with Crippen LogP contribution >= 0.6 is 23.2 Å². The molecule has 1 unspecified atom stereocenters. The van der Waals surface area contributed by atoms with Crippen LogP contribution in [0.3, 0.4) is 0 Å². The molecular weight excluding hydrogens is 521 g/mol. The SMILES string of the molecule is CCNC(=O)C(C)N(Cc1c(Cl)cccc1Cl)C(=O)CN(c1ccccc1)S(=O)(=O)c1ccccc1. The van der Waals surface area contributed by atoms with E-state index in [-0.39, 0.29) is 17.3 Å². The van der Waals surface area contributed by atoms with Crippen molar-refractivity contribution in [1.82, 2.24) is 10.2 Å². The Balaban J connectivity index is 2.03. The van der Waals surface area contributed by atoms with Crippen molar-refractivity contribution in [2.45, 2.75) is 31.3 Å². The first-order valence-corrected chi connectivity index (χ1v) is 13.5. The molecule has 0 spiro atoms. The summed E-state index contributed by atoms with van der Waals surface area (Å²) in [6.07, 6.45) is 0. The standard InChI is InChI=1S/C26H27Cl2N3O4S/c1-3-29-26(33)19(2)30(17-22-23(27)15-10-16-24(22)28)25(32)18-31(20-11-6-4-7-12-20)36(34,35)21-13-8-5-9-14-21/h4-16,19H,3,17-18H2,1-2H3,(H,29,33). The largest absolute Gasteiger partial charge is 0.355 e. The highest BCUT2D eigenvalue weighted by Crippen LogP contribution is 2.28. The number of hydrogen-bond donors (Lipinski definition) is 1. The van der Waals surface area contributed by atoms with Gasteiger partial charge in [-0.25, -0.2) is 8.42 Å². The summed E-state index contributed by atoms with van der Waals surface area (Å²) >= 11 is 12.7. The second-order valence-corrected chi connectivity index (χ2v) is 10.6. The van der Waals surface area contributed by atoms with Crippen LogP contribution in [-0.4, -0.2) is 44.3 Å². The molecule has 190 valence electrons. The number of nitrogens with zero attached hydrogens (tertiary/aromatic N) is 2. The van der Waals surface area contributed by atoms with Crippen LogP contribution in [0.1, 0.15) is 19.4 Å². The maximum absolute atomic E-state index is 13.7. The van der Waals surface area contributed by atoms with Gasteiger partial charge >= 0.3 is 0 Å². The van der Waals surface area contributed by atoms with E-state index in [1.54, 1.807) is 80.6 Å². The number of hydrogen-bond acceptors (Lipinski definition) is 4. The summed E-state index contributed by atoms with van der Waals surface area (Å²) < 4.78 is 28.2. The monoisotopic (exact) mass is 547 g/mol. The molecule has 0 saturated heterocycles. The fourth-order valence-electron chi connectivity index (χ4n) is 3.60. The molecule has 3 aromatic rings. The number of halogens is 2. The first kappa shape index (κ1) is 27.5. The van der Waals surface area contributed by atoms with Crippen LogP contribution in [0, 0.1) is 0 Å². The zero-order valence-corrected chi connectivity index (χ0v) is 22.2. The van der Waals surface area contributed by atoms with Gasteiger partial charge in [0.25, 0.3) is 10.0 Å². The molecule has 0 aromatic heterocycles. The summed E-state index contributed by atoms with van der Waals surface area (Å²) in [5, 5.41) is 3.37. The van der Waals surface area contributed by atoms with Crippen molar-refractivity contribution < 1.29 is 18.0 Å². The Hall–Kier alpha value is -3.07. The first-order valence-electron chi connectivity index (χ1n) is 11.3. The van der Waals surface area contributed by atoms with E-state index < -0.39 is 28.5 Å². The molecule has 0 saturated carbocycles. The Labute approximate surface area is 221 Å². The van der Waals surface area contributed by atoms with Crippen molar-refractivity contribution in [3.63, 3.8) is 0 Å². The van der Waals surface area contributed by atoms with Crippen LogP contribution in [0.4, 0.5) is 5.69 Å². The van der Waals surface area contributed by atoms with E-state index in [0.717, 1.165) is 4.31 Å². The maximum atomic E-state index is 13.7. The summed E-state index contributed by atoms with van der Waals surface area (Å²) in [6.45, 7) is 3.10. The van der Waals surface area contributed by atoms with Crippen LogP contribution in [0.5, 0.6) is 0 Å². The van der Waals surface area contributed by atoms with Gasteiger partial charge in [0.05, 0.1) is 10.6 Å². The van der Waals surface area contributed by atoms with Gasteiger partial charge in [0.1, 0.15) is 12.6 Å². The van der Waals surface area contributed by atoms with Crippen molar-refractivity contribution in [3.8, 4) is 0 Å². The average Bonchev–Trinajstić information content (AvgIpc) is 2.87. The molecular formula is C26H27Cl2N3O4S. The molecule has 0 aliphatic heterocycles. The Kier molecular flexibility index (Phi) is 9.37. The number of para-hydroxylation sites is 1. The number of carbonyl (C=O) groups is 2. The van der Waals surface area contributed by atoms with E-state index in [2.05, 4.69) is 5.32 Å². The van der Waals surface area contributed by atoms with Gasteiger partial charge in [-0.15, -0.1) is 0 Å². The molecule has 3 rings (SSSR count). The van der Waals surface area contributed by atoms with Crippen molar-refractivity contribution in [1.29, 1.82) is 0 Å². The topological polar surface area (TPSA) is 86.8 Å². The summed E-state index contributed by atoms with van der Waals surface area (Å²) in [5.74, 6) is -0.973. The number of anilines is 1. The number of rotatable bonds is 10. The van der Waals surface area contributed by atoms with Crippen molar-refractivity contribution in [2.24, 2.45) is 0 Å². The van der Waals surface area contributed by atoms with E-state index in [1.807, 2.05) is 0 Å². The minimum Gasteiger partial charge on any atom is -0.355 e. The quantitative estimate of drug-likeness (QED) is 0.397. The first-order chi connectivity index (χ1) is 17.2. The van der Waals surface area contributed by atoms with E-state index in [4.69, 9.17) is 23.2 Å². The van der Waals surface area contributed by atoms with Crippen LogP contribution in [-0.2, 0) is 26.2 Å². The highest BCUT2D eigenvalue weighted by molar-refractivity contribution is 7.92. The van der Waals surface area contributed by atoms with Gasteiger partial charge in [-0.2, -0.15) is 0 Å². The predicted molar refractivity (Wildman–Crippen MR) is 143 cm³/mol. The number of sulfonamides is 1. The second kappa shape index (κ2) is 12.3. The third-order valence-electron chi connectivity index (χ3n) is 5.56. The summed E-state index contributed by atoms with van der Waals surface area (Å²) in [4.78, 5) is 27.8. The van der Waals surface area contributed by atoms with Gasteiger partial charge in [0, 0.05) is 28.7 Å². The van der Waals surface area contributed by atoms with E-state index in [1.165, 1.54) is 17.0 Å². The Morgan fingerprint density at radius 2 is 1.44 bits per heavy atom. The van der Waals surface area contributed by atoms with Gasteiger partial charge in [-0.1, -0.05) is 65.7 Å². The number of carbonyl (C=O) groups excluding carboxylic acids is 2. The van der Waals surface area contributed by atoms with Gasteiger partial charge in [-0.3, -0.25) is 13.9 Å². The normalized spacial score (nSPS) is 12.0. The minimum atomic E-state index is -4.09. The lowest BCUT2D eigenvalue weighted by Crippen LogP contribution is -2.51. The third-order valence-corrected chi connectivity index (χ3v) is 8.06. The Morgan fingerprint density at radius 1 is 0.889 bits per heavy atom. The highest BCUT2D eigenvalue weighted by atomic mass is 35.5. The molecule has 36 heavy (non-hydrogen) atoms. The van der Waals surface area contributed by atoms with E-state index >= 15 is 0 Å². The lowest BCUT2D eigenvalue weighted by atomic mass is 10.1. The number of benzene rings is 3. The Bertz CT molecular complexity index is 1290. The fourth-order valence-corrected chi connectivity index (χ4v) is 5.55. The van der Waals surface area contributed by atoms with Crippen LogP contribution in [0.2, 0.25) is 10.0 Å². The third kappa shape index (κ3) is 6.37. The van der Waals surface area contributed by atoms with E-state index in [9.17, 15) is 18.0 Å². The molecule has 0 bridgehead atoms. The number of likely N-dealkylation sites (N-methyl/N-ethyl adjacent to an activating group) is 1. The molecule has 0 aliphatic rings. The van der Waals surface area contributed by atoms with Crippen molar-refractivity contribution in [2.75, 3.05) is 17.4 Å².